The smallest absolute Gasteiger partial charge is 0.442 e. The van der Waals surface area contributed by atoms with Crippen LogP contribution in [-0.2, 0) is 19.1 Å². The van der Waals surface area contributed by atoms with Crippen molar-refractivity contribution in [1.82, 2.24) is 20.0 Å². The van der Waals surface area contributed by atoms with Gasteiger partial charge in [0.2, 0.25) is 17.5 Å². The first kappa shape index (κ1) is 19.3. The van der Waals surface area contributed by atoms with Crippen LogP contribution in [0.4, 0.5) is 18.9 Å². The molecule has 0 amide bonds. The van der Waals surface area contributed by atoms with Gasteiger partial charge in [0.1, 0.15) is 18.0 Å². The van der Waals surface area contributed by atoms with Crippen LogP contribution >= 0.6 is 0 Å². The van der Waals surface area contributed by atoms with Crippen LogP contribution in [0.2, 0.25) is 0 Å². The minimum Gasteiger partial charge on any atom is -0.497 e. The number of hydrogen-bond acceptors (Lipinski definition) is 7. The Morgan fingerprint density at radius 3 is 2.39 bits per heavy atom. The first-order chi connectivity index (χ1) is 13.2. The molecule has 0 bridgehead atoms. The van der Waals surface area contributed by atoms with E-state index in [0.717, 1.165) is 10.2 Å². The Kier molecular flexibility index (Phi) is 5.03. The summed E-state index contributed by atoms with van der Waals surface area (Å²) in [5, 5.41) is 21.9. The van der Waals surface area contributed by atoms with Crippen LogP contribution in [0.5, 0.6) is 5.75 Å². The number of nitrogens with zero attached hydrogens (tertiary/aromatic N) is 5. The van der Waals surface area contributed by atoms with E-state index in [0.29, 0.717) is 12.2 Å². The van der Waals surface area contributed by atoms with Gasteiger partial charge in [-0.1, -0.05) is 12.1 Å². The molecule has 0 spiro atoms. The fourth-order valence-corrected chi connectivity index (χ4v) is 2.57. The van der Waals surface area contributed by atoms with Crippen molar-refractivity contribution in [3.63, 3.8) is 0 Å². The summed E-state index contributed by atoms with van der Waals surface area (Å²) < 4.78 is 50.3. The molecule has 0 atom stereocenters. The van der Waals surface area contributed by atoms with Crippen LogP contribution in [0, 0.1) is 17.0 Å². The molecule has 3 rings (SSSR count). The second kappa shape index (κ2) is 7.29. The molecule has 9 nitrogen and oxygen atoms in total. The van der Waals surface area contributed by atoms with Crippen molar-refractivity contribution in [2.24, 2.45) is 0 Å². The summed E-state index contributed by atoms with van der Waals surface area (Å²) in [5.74, 6) is 0.916. The summed E-state index contributed by atoms with van der Waals surface area (Å²) >= 11 is 0. The van der Waals surface area contributed by atoms with Crippen molar-refractivity contribution in [3.8, 4) is 5.75 Å². The molecule has 0 aliphatic carbocycles. The zero-order chi connectivity index (χ0) is 20.5. The molecule has 2 heterocycles. The third-order valence-corrected chi connectivity index (χ3v) is 3.93. The molecule has 1 aromatic carbocycles. The molecule has 3 aromatic rings. The van der Waals surface area contributed by atoms with Crippen molar-refractivity contribution in [3.05, 3.63) is 63.1 Å². The predicted octanol–water partition coefficient (Wildman–Crippen LogP) is 3.15. The molecule has 148 valence electrons. The van der Waals surface area contributed by atoms with Crippen molar-refractivity contribution in [2.75, 3.05) is 7.11 Å². The van der Waals surface area contributed by atoms with Gasteiger partial charge in [-0.2, -0.15) is 18.3 Å². The van der Waals surface area contributed by atoms with Gasteiger partial charge < -0.3 is 9.15 Å². The topological polar surface area (TPSA) is 109 Å². The Labute approximate surface area is 155 Å². The van der Waals surface area contributed by atoms with E-state index < -0.39 is 22.5 Å². The number of nitro groups is 1. The van der Waals surface area contributed by atoms with Crippen LogP contribution in [0.3, 0.4) is 0 Å². The lowest BCUT2D eigenvalue weighted by Crippen LogP contribution is -2.10. The highest BCUT2D eigenvalue weighted by Crippen LogP contribution is 2.37. The quantitative estimate of drug-likeness (QED) is 0.464. The molecular weight excluding hydrogens is 383 g/mol. The van der Waals surface area contributed by atoms with Crippen molar-refractivity contribution in [1.29, 1.82) is 0 Å². The minimum absolute atomic E-state index is 0.0160. The maximum Gasteiger partial charge on any atom is 0.442 e. The molecule has 28 heavy (non-hydrogen) atoms. The highest BCUT2D eigenvalue weighted by molar-refractivity contribution is 5.42. The number of methoxy groups -OCH3 is 1. The summed E-state index contributed by atoms with van der Waals surface area (Å²) in [5.41, 5.74) is -2.05. The lowest BCUT2D eigenvalue weighted by atomic mass is 10.1. The van der Waals surface area contributed by atoms with Crippen molar-refractivity contribution >= 4 is 5.69 Å². The summed E-state index contributed by atoms with van der Waals surface area (Å²) in [6, 6.07) is 7.13. The molecule has 0 N–H and O–H groups in total. The van der Waals surface area contributed by atoms with Crippen LogP contribution < -0.4 is 4.74 Å². The lowest BCUT2D eigenvalue weighted by Gasteiger charge is -2.01. The number of halogens is 3. The number of benzene rings is 1. The van der Waals surface area contributed by atoms with E-state index in [4.69, 9.17) is 9.15 Å². The van der Waals surface area contributed by atoms with Crippen molar-refractivity contribution in [2.45, 2.75) is 26.1 Å². The summed E-state index contributed by atoms with van der Waals surface area (Å²) in [6.45, 7) is 0.855. The zero-order valence-electron chi connectivity index (χ0n) is 14.7. The Balaban J connectivity index is 1.80. The van der Waals surface area contributed by atoms with Crippen LogP contribution in [0.15, 0.2) is 28.7 Å². The molecule has 12 heteroatoms. The first-order valence-corrected chi connectivity index (χ1v) is 7.92. The van der Waals surface area contributed by atoms with E-state index in [2.05, 4.69) is 15.3 Å². The van der Waals surface area contributed by atoms with Gasteiger partial charge in [0.05, 0.1) is 18.5 Å². The number of alkyl halides is 3. The minimum atomic E-state index is -4.95. The Morgan fingerprint density at radius 2 is 1.86 bits per heavy atom. The molecule has 0 saturated carbocycles. The summed E-state index contributed by atoms with van der Waals surface area (Å²) in [6.07, 6.45) is -4.64. The third kappa shape index (κ3) is 3.94. The fourth-order valence-electron chi connectivity index (χ4n) is 2.57. The molecule has 0 fully saturated rings. The number of rotatable bonds is 6. The van der Waals surface area contributed by atoms with Gasteiger partial charge in [-0.05, 0) is 24.6 Å². The summed E-state index contributed by atoms with van der Waals surface area (Å²) in [4.78, 5) is 9.89. The standard InChI is InChI=1S/C16H14F3N5O4/c1-9-14(24(25)26)15(16(17,18)19)22-23(9)8-13-21-20-12(28-13)7-10-3-5-11(27-2)6-4-10/h3-6H,7-8H2,1-2H3. The monoisotopic (exact) mass is 397 g/mol. The predicted molar refractivity (Wildman–Crippen MR) is 87.8 cm³/mol. The van der Waals surface area contributed by atoms with Gasteiger partial charge in [-0.15, -0.1) is 10.2 Å². The van der Waals surface area contributed by atoms with E-state index in [1.807, 2.05) is 0 Å². The Morgan fingerprint density at radius 1 is 1.21 bits per heavy atom. The van der Waals surface area contributed by atoms with E-state index >= 15 is 0 Å². The van der Waals surface area contributed by atoms with Gasteiger partial charge in [0, 0.05) is 0 Å². The molecule has 0 saturated heterocycles. The van der Waals surface area contributed by atoms with Gasteiger partial charge in [0.25, 0.3) is 0 Å². The van der Waals surface area contributed by atoms with Crippen LogP contribution in [0.1, 0.15) is 28.7 Å². The highest BCUT2D eigenvalue weighted by atomic mass is 19.4. The van der Waals surface area contributed by atoms with E-state index in [-0.39, 0.29) is 24.0 Å². The molecule has 2 aromatic heterocycles. The largest absolute Gasteiger partial charge is 0.497 e. The molecular formula is C16H14F3N5O4. The second-order valence-corrected chi connectivity index (χ2v) is 5.81. The van der Waals surface area contributed by atoms with Crippen LogP contribution in [0.25, 0.3) is 0 Å². The highest BCUT2D eigenvalue weighted by Gasteiger charge is 2.44. The molecule has 0 aliphatic rings. The first-order valence-electron chi connectivity index (χ1n) is 7.92. The summed E-state index contributed by atoms with van der Waals surface area (Å²) in [7, 11) is 1.55. The number of aromatic nitrogens is 4. The Hall–Kier alpha value is -3.44. The van der Waals surface area contributed by atoms with Crippen LogP contribution in [-0.4, -0.2) is 32.0 Å². The number of ether oxygens (including phenoxy) is 1. The van der Waals surface area contributed by atoms with E-state index in [1.54, 1.807) is 31.4 Å². The van der Waals surface area contributed by atoms with Crippen molar-refractivity contribution < 1.29 is 27.2 Å². The second-order valence-electron chi connectivity index (χ2n) is 5.81. The fraction of sp³-hybridized carbons (Fsp3) is 0.312. The van der Waals surface area contributed by atoms with Gasteiger partial charge in [-0.25, -0.2) is 0 Å². The van der Waals surface area contributed by atoms with E-state index in [9.17, 15) is 23.3 Å². The van der Waals surface area contributed by atoms with Gasteiger partial charge >= 0.3 is 11.9 Å². The number of hydrogen-bond donors (Lipinski definition) is 0. The maximum absolute atomic E-state index is 13.0. The third-order valence-electron chi connectivity index (χ3n) is 3.93. The Bertz CT molecular complexity index is 995. The average molecular weight is 397 g/mol. The normalized spacial score (nSPS) is 11.6. The molecule has 0 radical (unpaired) electrons. The maximum atomic E-state index is 13.0. The van der Waals surface area contributed by atoms with Gasteiger partial charge in [-0.3, -0.25) is 14.8 Å². The van der Waals surface area contributed by atoms with E-state index in [1.165, 1.54) is 6.92 Å². The lowest BCUT2D eigenvalue weighted by molar-refractivity contribution is -0.388. The van der Waals surface area contributed by atoms with Gasteiger partial charge in [0.15, 0.2) is 0 Å². The zero-order valence-corrected chi connectivity index (χ0v) is 14.7. The molecule has 0 unspecified atom stereocenters. The molecule has 0 aliphatic heterocycles. The average Bonchev–Trinajstić information content (AvgIpc) is 3.20. The SMILES string of the molecule is COc1ccc(Cc2nnc(Cn3nc(C(F)(F)F)c([N+](=O)[O-])c3C)o2)cc1.